The summed E-state index contributed by atoms with van der Waals surface area (Å²) in [6.07, 6.45) is 2.49. The number of carbonyl (C=O) groups is 1. The maximum Gasteiger partial charge on any atom is 0.285 e. The van der Waals surface area contributed by atoms with Gasteiger partial charge in [-0.2, -0.15) is 0 Å². The first kappa shape index (κ1) is 12.3. The summed E-state index contributed by atoms with van der Waals surface area (Å²) in [6, 6.07) is 0.213. The second kappa shape index (κ2) is 5.00. The molecule has 1 saturated carbocycles. The highest BCUT2D eigenvalue weighted by atomic mass is 32.1. The molecule has 5 nitrogen and oxygen atoms in total. The number of carbonyl (C=O) groups excluding carboxylic acids is 1. The third-order valence-electron chi connectivity index (χ3n) is 2.86. The van der Waals surface area contributed by atoms with Crippen LogP contribution in [-0.2, 0) is 0 Å². The van der Waals surface area contributed by atoms with Crippen molar-refractivity contribution in [2.45, 2.75) is 32.7 Å². The van der Waals surface area contributed by atoms with Gasteiger partial charge < -0.3 is 10.2 Å². The Hall–Kier alpha value is -1.17. The van der Waals surface area contributed by atoms with E-state index >= 15 is 0 Å². The van der Waals surface area contributed by atoms with E-state index in [1.54, 1.807) is 7.05 Å². The Kier molecular flexibility index (Phi) is 3.61. The minimum atomic E-state index is 0.00546. The van der Waals surface area contributed by atoms with Gasteiger partial charge in [-0.05, 0) is 32.6 Å². The van der Waals surface area contributed by atoms with E-state index in [1.807, 2.05) is 18.7 Å². The topological polar surface area (TPSA) is 58.1 Å². The smallest absolute Gasteiger partial charge is 0.285 e. The number of amides is 1. The van der Waals surface area contributed by atoms with Gasteiger partial charge in [0.2, 0.25) is 10.1 Å². The van der Waals surface area contributed by atoms with Gasteiger partial charge in [0.1, 0.15) is 0 Å². The van der Waals surface area contributed by atoms with Crippen LogP contribution in [0.1, 0.15) is 36.5 Å². The Morgan fingerprint density at radius 2 is 2.24 bits per heavy atom. The summed E-state index contributed by atoms with van der Waals surface area (Å²) in [5, 5.41) is 11.9. The lowest BCUT2D eigenvalue weighted by Crippen LogP contribution is -2.38. The van der Waals surface area contributed by atoms with Gasteiger partial charge in [-0.1, -0.05) is 11.3 Å². The summed E-state index contributed by atoms with van der Waals surface area (Å²) >= 11 is 1.31. The molecule has 0 atom stereocenters. The normalized spacial score (nSPS) is 15.1. The SMILES string of the molecule is CNc1nnc(C(=O)N(CC2CC2)C(C)C)s1. The number of aromatic nitrogens is 2. The Bertz CT molecular complexity index is 400. The molecule has 1 aliphatic rings. The zero-order valence-electron chi connectivity index (χ0n) is 10.4. The third kappa shape index (κ3) is 2.94. The van der Waals surface area contributed by atoms with Crippen LogP contribution in [0.15, 0.2) is 0 Å². The molecule has 0 aromatic carbocycles. The first-order valence-corrected chi connectivity index (χ1v) is 6.75. The average Bonchev–Trinajstić information content (AvgIpc) is 2.99. The Balaban J connectivity index is 2.08. The Morgan fingerprint density at radius 3 is 2.71 bits per heavy atom. The molecule has 17 heavy (non-hydrogen) atoms. The lowest BCUT2D eigenvalue weighted by Gasteiger charge is -2.25. The number of hydrogen-bond acceptors (Lipinski definition) is 5. The van der Waals surface area contributed by atoms with Crippen molar-refractivity contribution in [2.75, 3.05) is 18.9 Å². The van der Waals surface area contributed by atoms with Crippen molar-refractivity contribution in [3.05, 3.63) is 5.01 Å². The number of anilines is 1. The molecule has 6 heteroatoms. The Morgan fingerprint density at radius 1 is 1.53 bits per heavy atom. The van der Waals surface area contributed by atoms with Gasteiger partial charge in [0, 0.05) is 19.6 Å². The van der Waals surface area contributed by atoms with Crippen LogP contribution >= 0.6 is 11.3 Å². The molecule has 1 aromatic rings. The average molecular weight is 254 g/mol. The highest BCUT2D eigenvalue weighted by Crippen LogP contribution is 2.31. The molecule has 0 bridgehead atoms. The van der Waals surface area contributed by atoms with Crippen LogP contribution in [0.3, 0.4) is 0 Å². The molecule has 0 spiro atoms. The zero-order valence-corrected chi connectivity index (χ0v) is 11.3. The molecule has 94 valence electrons. The minimum absolute atomic E-state index is 0.00546. The van der Waals surface area contributed by atoms with Gasteiger partial charge in [0.25, 0.3) is 5.91 Å². The van der Waals surface area contributed by atoms with Crippen LogP contribution in [0.2, 0.25) is 0 Å². The number of nitrogens with one attached hydrogen (secondary N) is 1. The zero-order chi connectivity index (χ0) is 12.4. The molecule has 1 aromatic heterocycles. The van der Waals surface area contributed by atoms with Crippen LogP contribution in [0.25, 0.3) is 0 Å². The monoisotopic (exact) mass is 254 g/mol. The summed E-state index contributed by atoms with van der Waals surface area (Å²) in [6.45, 7) is 4.94. The summed E-state index contributed by atoms with van der Waals surface area (Å²) < 4.78 is 0. The summed E-state index contributed by atoms with van der Waals surface area (Å²) in [7, 11) is 1.78. The van der Waals surface area contributed by atoms with E-state index < -0.39 is 0 Å². The Labute approximate surface area is 105 Å². The van der Waals surface area contributed by atoms with Gasteiger partial charge >= 0.3 is 0 Å². The molecule has 1 fully saturated rings. The number of hydrogen-bond donors (Lipinski definition) is 1. The largest absolute Gasteiger partial charge is 0.363 e. The predicted octanol–water partition coefficient (Wildman–Crippen LogP) is 1.84. The molecule has 1 N–H and O–H groups in total. The minimum Gasteiger partial charge on any atom is -0.363 e. The lowest BCUT2D eigenvalue weighted by atomic mass is 10.2. The van der Waals surface area contributed by atoms with Crippen LogP contribution in [0, 0.1) is 5.92 Å². The number of rotatable bonds is 5. The van der Waals surface area contributed by atoms with Crippen molar-refractivity contribution in [2.24, 2.45) is 5.92 Å². The predicted molar refractivity (Wildman–Crippen MR) is 68.4 cm³/mol. The van der Waals surface area contributed by atoms with Crippen LogP contribution in [0.4, 0.5) is 5.13 Å². The van der Waals surface area contributed by atoms with Gasteiger partial charge in [0.05, 0.1) is 0 Å². The molecule has 0 saturated heterocycles. The molecule has 1 aliphatic carbocycles. The van der Waals surface area contributed by atoms with Gasteiger partial charge in [-0.3, -0.25) is 4.79 Å². The van der Waals surface area contributed by atoms with Crippen LogP contribution in [0.5, 0.6) is 0 Å². The van der Waals surface area contributed by atoms with E-state index in [4.69, 9.17) is 0 Å². The number of nitrogens with zero attached hydrogens (tertiary/aromatic N) is 3. The van der Waals surface area contributed by atoms with Crippen molar-refractivity contribution in [1.29, 1.82) is 0 Å². The maximum atomic E-state index is 12.3. The van der Waals surface area contributed by atoms with Crippen molar-refractivity contribution in [3.8, 4) is 0 Å². The fourth-order valence-electron chi connectivity index (χ4n) is 1.64. The van der Waals surface area contributed by atoms with Crippen molar-refractivity contribution < 1.29 is 4.79 Å². The molecular formula is C11H18N4OS. The van der Waals surface area contributed by atoms with E-state index in [9.17, 15) is 4.79 Å². The van der Waals surface area contributed by atoms with Crippen molar-refractivity contribution in [1.82, 2.24) is 15.1 Å². The molecule has 1 amide bonds. The van der Waals surface area contributed by atoms with Gasteiger partial charge in [-0.25, -0.2) is 0 Å². The third-order valence-corrected chi connectivity index (χ3v) is 3.79. The fourth-order valence-corrected chi connectivity index (χ4v) is 2.29. The summed E-state index contributed by atoms with van der Waals surface area (Å²) in [4.78, 5) is 14.2. The lowest BCUT2D eigenvalue weighted by molar-refractivity contribution is 0.0695. The van der Waals surface area contributed by atoms with E-state index in [-0.39, 0.29) is 11.9 Å². The van der Waals surface area contributed by atoms with E-state index in [0.717, 1.165) is 6.54 Å². The molecule has 1 heterocycles. The van der Waals surface area contributed by atoms with E-state index in [2.05, 4.69) is 15.5 Å². The summed E-state index contributed by atoms with van der Waals surface area (Å²) in [5.41, 5.74) is 0. The summed E-state index contributed by atoms with van der Waals surface area (Å²) in [5.74, 6) is 0.698. The second-order valence-corrected chi connectivity index (χ2v) is 5.63. The van der Waals surface area contributed by atoms with Gasteiger partial charge in [0.15, 0.2) is 0 Å². The first-order chi connectivity index (χ1) is 8.11. The quantitative estimate of drug-likeness (QED) is 0.871. The van der Waals surface area contributed by atoms with E-state index in [0.29, 0.717) is 16.1 Å². The maximum absolute atomic E-state index is 12.3. The fraction of sp³-hybridized carbons (Fsp3) is 0.727. The standard InChI is InChI=1S/C11H18N4OS/c1-7(2)15(6-8-4-5-8)10(16)9-13-14-11(12-3)17-9/h7-8H,4-6H2,1-3H3,(H,12,14). The molecule has 2 rings (SSSR count). The molecule has 0 aliphatic heterocycles. The van der Waals surface area contributed by atoms with Crippen LogP contribution < -0.4 is 5.32 Å². The first-order valence-electron chi connectivity index (χ1n) is 5.94. The van der Waals surface area contributed by atoms with Crippen molar-refractivity contribution in [3.63, 3.8) is 0 Å². The molecule has 0 radical (unpaired) electrons. The van der Waals surface area contributed by atoms with Crippen LogP contribution in [-0.4, -0.2) is 40.6 Å². The van der Waals surface area contributed by atoms with E-state index in [1.165, 1.54) is 24.2 Å². The highest BCUT2D eigenvalue weighted by Gasteiger charge is 2.30. The highest BCUT2D eigenvalue weighted by molar-refractivity contribution is 7.17. The molecular weight excluding hydrogens is 236 g/mol. The molecule has 0 unspecified atom stereocenters. The van der Waals surface area contributed by atoms with Gasteiger partial charge in [-0.15, -0.1) is 10.2 Å². The van der Waals surface area contributed by atoms with Crippen molar-refractivity contribution >= 4 is 22.4 Å². The second-order valence-electron chi connectivity index (χ2n) is 4.66.